The van der Waals surface area contributed by atoms with Gasteiger partial charge in [-0.05, 0) is 99.6 Å². The number of alkyl halides is 1. The second-order valence-electron chi connectivity index (χ2n) is 12.5. The Kier molecular flexibility index (Phi) is 9.34. The summed E-state index contributed by atoms with van der Waals surface area (Å²) in [5.74, 6) is -1.10. The maximum absolute atomic E-state index is 12.6. The lowest BCUT2D eigenvalue weighted by Gasteiger charge is -2.56. The molecule has 0 aromatic heterocycles. The van der Waals surface area contributed by atoms with Gasteiger partial charge in [0, 0.05) is 10.8 Å². The summed E-state index contributed by atoms with van der Waals surface area (Å²) >= 11 is 7.12. The second kappa shape index (κ2) is 11.2. The van der Waals surface area contributed by atoms with Crippen molar-refractivity contribution in [1.29, 1.82) is 0 Å². The van der Waals surface area contributed by atoms with Crippen LogP contribution in [0, 0.1) is 10.8 Å². The van der Waals surface area contributed by atoms with Crippen molar-refractivity contribution in [3.63, 3.8) is 0 Å². The van der Waals surface area contributed by atoms with Gasteiger partial charge < -0.3 is 9.84 Å². The van der Waals surface area contributed by atoms with E-state index in [0.717, 1.165) is 18.4 Å². The van der Waals surface area contributed by atoms with Crippen LogP contribution in [0.2, 0.25) is 0 Å². The second-order valence-corrected chi connectivity index (χ2v) is 13.5. The third-order valence-electron chi connectivity index (χ3n) is 8.23. The molecule has 1 N–H and O–H groups in total. The van der Waals surface area contributed by atoms with Crippen molar-refractivity contribution in [2.75, 3.05) is 0 Å². The summed E-state index contributed by atoms with van der Waals surface area (Å²) in [5.41, 5.74) is 2.04. The fourth-order valence-corrected chi connectivity index (χ4v) is 6.61. The first-order valence-corrected chi connectivity index (χ1v) is 13.6. The zero-order valence-electron chi connectivity index (χ0n) is 24.2. The number of halogens is 1. The van der Waals surface area contributed by atoms with Crippen molar-refractivity contribution in [1.82, 2.24) is 0 Å². The maximum Gasteiger partial charge on any atom is 0.338 e. The van der Waals surface area contributed by atoms with E-state index >= 15 is 0 Å². The molecule has 2 aromatic rings. The minimum atomic E-state index is -0.938. The summed E-state index contributed by atoms with van der Waals surface area (Å²) < 4.78 is 5.54. The monoisotopic (exact) mass is 528 g/mol. The summed E-state index contributed by atoms with van der Waals surface area (Å²) in [4.78, 5) is 23.4. The molecule has 3 atom stereocenters. The Hall–Kier alpha value is -2.33. The first kappa shape index (κ1) is 30.9. The van der Waals surface area contributed by atoms with Crippen molar-refractivity contribution in [3.8, 4) is 0 Å². The molecule has 3 unspecified atom stereocenters. The molecule has 0 spiro atoms. The number of rotatable bonds is 10. The molecule has 2 rings (SSSR count). The highest BCUT2D eigenvalue weighted by Gasteiger charge is 2.53. The van der Waals surface area contributed by atoms with E-state index in [1.165, 1.54) is 5.56 Å². The molecule has 204 valence electrons. The minimum absolute atomic E-state index is 0.0513. The Morgan fingerprint density at radius 3 is 1.65 bits per heavy atom. The fourth-order valence-electron chi connectivity index (χ4n) is 6.21. The smallest absolute Gasteiger partial charge is 0.338 e. The maximum atomic E-state index is 12.6. The molecule has 0 fully saturated rings. The number of ether oxygens (including phenoxy) is 1. The Labute approximate surface area is 228 Å². The van der Waals surface area contributed by atoms with Crippen molar-refractivity contribution in [2.45, 2.75) is 104 Å². The Balaban J connectivity index is 2.55. The first-order chi connectivity index (χ1) is 16.9. The standard InChI is InChI=1S/C32H45ClO4/c1-11-25(21-13-19-24(20-14-21)28(36)37-29(3,4)5)32(10,12-2)30(6,7)26(31(8,9)33)22-15-17-23(18-16-22)27(34)35/h13-20,25-26H,11-12H2,1-10H3,(H,34,35). The van der Waals surface area contributed by atoms with E-state index in [9.17, 15) is 14.7 Å². The van der Waals surface area contributed by atoms with E-state index in [1.54, 1.807) is 12.1 Å². The van der Waals surface area contributed by atoms with Gasteiger partial charge in [-0.2, -0.15) is 0 Å². The summed E-state index contributed by atoms with van der Waals surface area (Å²) in [7, 11) is 0. The van der Waals surface area contributed by atoms with E-state index in [1.807, 2.05) is 58.9 Å². The van der Waals surface area contributed by atoms with Crippen molar-refractivity contribution in [2.24, 2.45) is 10.8 Å². The molecule has 0 aliphatic heterocycles. The minimum Gasteiger partial charge on any atom is -0.478 e. The number of hydrogen-bond donors (Lipinski definition) is 1. The van der Waals surface area contributed by atoms with Crippen LogP contribution in [-0.4, -0.2) is 27.5 Å². The lowest BCUT2D eigenvalue weighted by molar-refractivity contribution is 0.00678. The van der Waals surface area contributed by atoms with Gasteiger partial charge in [0.2, 0.25) is 0 Å². The van der Waals surface area contributed by atoms with Crippen LogP contribution in [0.1, 0.15) is 126 Å². The number of carbonyl (C=O) groups excluding carboxylic acids is 1. The van der Waals surface area contributed by atoms with E-state index in [0.29, 0.717) is 5.56 Å². The number of carboxylic acids is 1. The predicted octanol–water partition coefficient (Wildman–Crippen LogP) is 9.08. The highest BCUT2D eigenvalue weighted by atomic mass is 35.5. The summed E-state index contributed by atoms with van der Waals surface area (Å²) in [6, 6.07) is 15.0. The number of carbonyl (C=O) groups is 2. The van der Waals surface area contributed by atoms with Crippen LogP contribution in [0.4, 0.5) is 0 Å². The van der Waals surface area contributed by atoms with Crippen LogP contribution >= 0.6 is 11.6 Å². The van der Waals surface area contributed by atoms with Crippen molar-refractivity contribution in [3.05, 3.63) is 70.8 Å². The molecule has 37 heavy (non-hydrogen) atoms. The normalized spacial score (nSPS) is 16.0. The Bertz CT molecular complexity index is 1070. The van der Waals surface area contributed by atoms with Gasteiger partial charge in [-0.15, -0.1) is 11.6 Å². The van der Waals surface area contributed by atoms with Gasteiger partial charge in [-0.1, -0.05) is 58.9 Å². The van der Waals surface area contributed by atoms with Crippen LogP contribution in [0.5, 0.6) is 0 Å². The van der Waals surface area contributed by atoms with Crippen LogP contribution in [-0.2, 0) is 4.74 Å². The molecule has 0 heterocycles. The van der Waals surface area contributed by atoms with Crippen LogP contribution in [0.3, 0.4) is 0 Å². The van der Waals surface area contributed by atoms with Crippen LogP contribution in [0.15, 0.2) is 48.5 Å². The number of carboxylic acid groups (broad SMARTS) is 1. The van der Waals surface area contributed by atoms with E-state index in [2.05, 4.69) is 46.8 Å². The average molecular weight is 529 g/mol. The molecule has 0 saturated heterocycles. The SMILES string of the molecule is CCC(c1ccc(C(=O)OC(C)(C)C)cc1)C(C)(CC)C(C)(C)C(c1ccc(C(=O)O)cc1)C(C)(C)Cl. The third-order valence-corrected chi connectivity index (χ3v) is 8.45. The van der Waals surface area contributed by atoms with Crippen LogP contribution < -0.4 is 0 Å². The molecule has 5 heteroatoms. The highest BCUT2D eigenvalue weighted by molar-refractivity contribution is 6.24. The summed E-state index contributed by atoms with van der Waals surface area (Å²) in [6.45, 7) is 21.0. The van der Waals surface area contributed by atoms with Crippen molar-refractivity contribution >= 4 is 23.5 Å². The van der Waals surface area contributed by atoms with Gasteiger partial charge in [-0.25, -0.2) is 9.59 Å². The highest BCUT2D eigenvalue weighted by Crippen LogP contribution is 2.61. The molecular formula is C32H45ClO4. The molecule has 0 aliphatic carbocycles. The molecule has 0 amide bonds. The number of benzene rings is 2. The van der Waals surface area contributed by atoms with Gasteiger partial charge in [0.1, 0.15) is 5.60 Å². The zero-order chi connectivity index (χ0) is 28.4. The number of aromatic carboxylic acids is 1. The zero-order valence-corrected chi connectivity index (χ0v) is 25.0. The van der Waals surface area contributed by atoms with E-state index in [-0.39, 0.29) is 34.2 Å². The lowest BCUT2D eigenvalue weighted by atomic mass is 9.49. The first-order valence-electron chi connectivity index (χ1n) is 13.2. The van der Waals surface area contributed by atoms with E-state index < -0.39 is 16.4 Å². The largest absolute Gasteiger partial charge is 0.478 e. The van der Waals surface area contributed by atoms with Gasteiger partial charge in [-0.3, -0.25) is 0 Å². The van der Waals surface area contributed by atoms with Gasteiger partial charge in [0.25, 0.3) is 0 Å². The van der Waals surface area contributed by atoms with Gasteiger partial charge in [0.15, 0.2) is 0 Å². The molecule has 0 saturated carbocycles. The lowest BCUT2D eigenvalue weighted by Crippen LogP contribution is -2.48. The number of hydrogen-bond acceptors (Lipinski definition) is 3. The Morgan fingerprint density at radius 2 is 1.27 bits per heavy atom. The topological polar surface area (TPSA) is 63.6 Å². The third kappa shape index (κ3) is 6.76. The number of esters is 1. The molecule has 0 aliphatic rings. The van der Waals surface area contributed by atoms with Gasteiger partial charge >= 0.3 is 11.9 Å². The quantitative estimate of drug-likeness (QED) is 0.246. The molecule has 0 bridgehead atoms. The molecular weight excluding hydrogens is 484 g/mol. The molecule has 4 nitrogen and oxygen atoms in total. The average Bonchev–Trinajstić information content (AvgIpc) is 2.77. The summed E-state index contributed by atoms with van der Waals surface area (Å²) in [5, 5.41) is 9.39. The van der Waals surface area contributed by atoms with Crippen molar-refractivity contribution < 1.29 is 19.4 Å². The van der Waals surface area contributed by atoms with Crippen LogP contribution in [0.25, 0.3) is 0 Å². The van der Waals surface area contributed by atoms with Gasteiger partial charge in [0.05, 0.1) is 11.1 Å². The Morgan fingerprint density at radius 1 is 0.811 bits per heavy atom. The molecule has 2 aromatic carbocycles. The fraction of sp³-hybridized carbons (Fsp3) is 0.562. The molecule has 0 radical (unpaired) electrons. The predicted molar refractivity (Wildman–Crippen MR) is 153 cm³/mol. The van der Waals surface area contributed by atoms with E-state index in [4.69, 9.17) is 16.3 Å². The summed E-state index contributed by atoms with van der Waals surface area (Å²) in [6.07, 6.45) is 1.84.